The first-order valence-electron chi connectivity index (χ1n) is 9.16. The summed E-state index contributed by atoms with van der Waals surface area (Å²) in [6, 6.07) is 7.85. The Morgan fingerprint density at radius 2 is 2.12 bits per heavy atom. The Bertz CT molecular complexity index is 622. The van der Waals surface area contributed by atoms with Crippen LogP contribution in [0, 0.1) is 5.41 Å². The van der Waals surface area contributed by atoms with Gasteiger partial charge in [0.1, 0.15) is 0 Å². The predicted octanol–water partition coefficient (Wildman–Crippen LogP) is 2.63. The Hall–Kier alpha value is -2.04. The van der Waals surface area contributed by atoms with E-state index in [1.54, 1.807) is 19.0 Å². The highest BCUT2D eigenvalue weighted by Gasteiger charge is 2.30. The third-order valence-electron chi connectivity index (χ3n) is 4.55. The molecule has 0 aromatic heterocycles. The van der Waals surface area contributed by atoms with E-state index in [1.807, 2.05) is 18.2 Å². The molecule has 0 bridgehead atoms. The van der Waals surface area contributed by atoms with Crippen molar-refractivity contribution in [3.05, 3.63) is 35.4 Å². The van der Waals surface area contributed by atoms with Crippen LogP contribution in [0.2, 0.25) is 0 Å². The van der Waals surface area contributed by atoms with Crippen LogP contribution >= 0.6 is 0 Å². The van der Waals surface area contributed by atoms with E-state index in [2.05, 4.69) is 37.1 Å². The summed E-state index contributed by atoms with van der Waals surface area (Å²) < 4.78 is 0. The zero-order chi connectivity index (χ0) is 18.4. The average Bonchev–Trinajstić information content (AvgIpc) is 2.93. The van der Waals surface area contributed by atoms with Crippen molar-refractivity contribution in [1.29, 1.82) is 0 Å². The van der Waals surface area contributed by atoms with Gasteiger partial charge in [0, 0.05) is 45.8 Å². The number of likely N-dealkylation sites (tertiary alicyclic amines) is 1. The zero-order valence-electron chi connectivity index (χ0n) is 16.3. The minimum atomic E-state index is 0.0398. The van der Waals surface area contributed by atoms with Crippen molar-refractivity contribution in [3.63, 3.8) is 0 Å². The normalized spacial score (nSPS) is 16.8. The van der Waals surface area contributed by atoms with E-state index in [-0.39, 0.29) is 5.91 Å². The number of carbonyl (C=O) groups excluding carboxylic acids is 1. The van der Waals surface area contributed by atoms with Gasteiger partial charge in [-0.05, 0) is 42.9 Å². The van der Waals surface area contributed by atoms with Crippen LogP contribution < -0.4 is 5.32 Å². The molecule has 1 aliphatic rings. The number of nitrogens with zero attached hydrogens (tertiary/aromatic N) is 3. The maximum Gasteiger partial charge on any atom is 0.253 e. The maximum atomic E-state index is 12.1. The van der Waals surface area contributed by atoms with Gasteiger partial charge in [-0.3, -0.25) is 9.79 Å². The molecule has 138 valence electrons. The first-order chi connectivity index (χ1) is 11.8. The van der Waals surface area contributed by atoms with Crippen LogP contribution in [0.25, 0.3) is 0 Å². The number of carbonyl (C=O) groups is 1. The van der Waals surface area contributed by atoms with Crippen LogP contribution in [0.3, 0.4) is 0 Å². The van der Waals surface area contributed by atoms with E-state index < -0.39 is 0 Å². The lowest BCUT2D eigenvalue weighted by Gasteiger charge is -2.23. The molecular formula is C20H32N4O. The van der Waals surface area contributed by atoms with Gasteiger partial charge in [0.2, 0.25) is 0 Å². The lowest BCUT2D eigenvalue weighted by Crippen LogP contribution is -2.40. The smallest absolute Gasteiger partial charge is 0.253 e. The molecule has 5 nitrogen and oxygen atoms in total. The number of hydrogen-bond donors (Lipinski definition) is 1. The van der Waals surface area contributed by atoms with Crippen molar-refractivity contribution in [2.45, 2.75) is 33.6 Å². The molecule has 1 aromatic carbocycles. The molecule has 1 saturated heterocycles. The monoisotopic (exact) mass is 344 g/mol. The molecular weight excluding hydrogens is 312 g/mol. The first-order valence-corrected chi connectivity index (χ1v) is 9.16. The molecule has 1 N–H and O–H groups in total. The van der Waals surface area contributed by atoms with Crippen molar-refractivity contribution in [2.75, 3.05) is 40.3 Å². The van der Waals surface area contributed by atoms with Gasteiger partial charge in [-0.1, -0.05) is 26.0 Å². The second kappa shape index (κ2) is 8.37. The van der Waals surface area contributed by atoms with Crippen LogP contribution in [-0.4, -0.2) is 61.9 Å². The molecule has 1 aromatic rings. The van der Waals surface area contributed by atoms with Gasteiger partial charge in [0.15, 0.2) is 5.96 Å². The molecule has 2 rings (SSSR count). The van der Waals surface area contributed by atoms with Gasteiger partial charge in [0.25, 0.3) is 5.91 Å². The predicted molar refractivity (Wildman–Crippen MR) is 104 cm³/mol. The third kappa shape index (κ3) is 5.48. The number of guanidine groups is 1. The molecule has 0 saturated carbocycles. The van der Waals surface area contributed by atoms with Gasteiger partial charge >= 0.3 is 0 Å². The van der Waals surface area contributed by atoms with Crippen molar-refractivity contribution >= 4 is 11.9 Å². The Kier molecular flexibility index (Phi) is 6.45. The van der Waals surface area contributed by atoms with E-state index in [9.17, 15) is 4.79 Å². The number of nitrogens with one attached hydrogen (secondary N) is 1. The SMILES string of the molecule is CCNC(=NCCc1cccc(C(=O)N(C)C)c1)N1CCC(C)(C)C1. The second-order valence-corrected chi connectivity index (χ2v) is 7.72. The van der Waals surface area contributed by atoms with Crippen LogP contribution in [0.1, 0.15) is 43.1 Å². The van der Waals surface area contributed by atoms with Gasteiger partial charge in [-0.15, -0.1) is 0 Å². The van der Waals surface area contributed by atoms with E-state index in [4.69, 9.17) is 4.99 Å². The van der Waals surface area contributed by atoms with Crippen LogP contribution in [0.15, 0.2) is 29.3 Å². The minimum absolute atomic E-state index is 0.0398. The Balaban J connectivity index is 2.00. The quantitative estimate of drug-likeness (QED) is 0.660. The number of amides is 1. The molecule has 25 heavy (non-hydrogen) atoms. The van der Waals surface area contributed by atoms with Crippen molar-refractivity contribution in [2.24, 2.45) is 10.4 Å². The number of hydrogen-bond acceptors (Lipinski definition) is 2. The van der Waals surface area contributed by atoms with Crippen molar-refractivity contribution in [1.82, 2.24) is 15.1 Å². The summed E-state index contributed by atoms with van der Waals surface area (Å²) in [5.41, 5.74) is 2.24. The maximum absolute atomic E-state index is 12.1. The van der Waals surface area contributed by atoms with E-state index >= 15 is 0 Å². The lowest BCUT2D eigenvalue weighted by atomic mass is 9.93. The molecule has 0 unspecified atom stereocenters. The summed E-state index contributed by atoms with van der Waals surface area (Å²) >= 11 is 0. The van der Waals surface area contributed by atoms with Crippen molar-refractivity contribution in [3.8, 4) is 0 Å². The molecule has 5 heteroatoms. The van der Waals surface area contributed by atoms with Gasteiger partial charge < -0.3 is 15.1 Å². The number of aliphatic imine (C=N–C) groups is 1. The Morgan fingerprint density at radius 3 is 2.72 bits per heavy atom. The molecule has 0 radical (unpaired) electrons. The average molecular weight is 345 g/mol. The summed E-state index contributed by atoms with van der Waals surface area (Å²) in [6.07, 6.45) is 2.03. The fraction of sp³-hybridized carbons (Fsp3) is 0.600. The molecule has 0 spiro atoms. The molecule has 1 amide bonds. The van der Waals surface area contributed by atoms with E-state index in [0.29, 0.717) is 5.41 Å². The number of benzene rings is 1. The first kappa shape index (κ1) is 19.3. The summed E-state index contributed by atoms with van der Waals surface area (Å²) in [5, 5.41) is 3.41. The zero-order valence-corrected chi connectivity index (χ0v) is 16.3. The Morgan fingerprint density at radius 1 is 1.36 bits per heavy atom. The number of rotatable bonds is 5. The lowest BCUT2D eigenvalue weighted by molar-refractivity contribution is 0.0827. The van der Waals surface area contributed by atoms with Crippen LogP contribution in [0.5, 0.6) is 0 Å². The van der Waals surface area contributed by atoms with E-state index in [1.165, 1.54) is 6.42 Å². The van der Waals surface area contributed by atoms with Crippen LogP contribution in [0.4, 0.5) is 0 Å². The molecule has 0 aliphatic carbocycles. The summed E-state index contributed by atoms with van der Waals surface area (Å²) in [4.78, 5) is 20.8. The standard InChI is InChI=1S/C20H32N4O/c1-6-21-19(24-13-11-20(2,3)15-24)22-12-10-16-8-7-9-17(14-16)18(25)23(4)5/h7-9,14H,6,10-13,15H2,1-5H3,(H,21,22). The van der Waals surface area contributed by atoms with E-state index in [0.717, 1.165) is 49.7 Å². The fourth-order valence-electron chi connectivity index (χ4n) is 3.13. The minimum Gasteiger partial charge on any atom is -0.357 e. The topological polar surface area (TPSA) is 47.9 Å². The Labute approximate surface area is 152 Å². The van der Waals surface area contributed by atoms with Gasteiger partial charge in [-0.2, -0.15) is 0 Å². The summed E-state index contributed by atoms with van der Waals surface area (Å²) in [5.74, 6) is 1.05. The second-order valence-electron chi connectivity index (χ2n) is 7.72. The molecule has 1 aliphatic heterocycles. The molecule has 1 fully saturated rings. The van der Waals surface area contributed by atoms with Gasteiger partial charge in [0.05, 0.1) is 0 Å². The summed E-state index contributed by atoms with van der Waals surface area (Å²) in [7, 11) is 3.55. The third-order valence-corrected chi connectivity index (χ3v) is 4.55. The molecule has 1 heterocycles. The highest BCUT2D eigenvalue weighted by molar-refractivity contribution is 5.94. The van der Waals surface area contributed by atoms with Gasteiger partial charge in [-0.25, -0.2) is 0 Å². The van der Waals surface area contributed by atoms with Crippen LogP contribution in [-0.2, 0) is 6.42 Å². The van der Waals surface area contributed by atoms with Crippen molar-refractivity contribution < 1.29 is 4.79 Å². The fourth-order valence-corrected chi connectivity index (χ4v) is 3.13. The largest absolute Gasteiger partial charge is 0.357 e. The highest BCUT2D eigenvalue weighted by atomic mass is 16.2. The molecule has 0 atom stereocenters. The highest BCUT2D eigenvalue weighted by Crippen LogP contribution is 2.28. The summed E-state index contributed by atoms with van der Waals surface area (Å²) in [6.45, 7) is 10.4.